The Morgan fingerprint density at radius 3 is 2.71 bits per heavy atom. The van der Waals surface area contributed by atoms with Crippen LogP contribution in [0.1, 0.15) is 45.5 Å². The monoisotopic (exact) mass is 482 g/mol. The number of aryl methyl sites for hydroxylation is 1. The van der Waals surface area contributed by atoms with E-state index in [-0.39, 0.29) is 43.4 Å². The number of methoxy groups -OCH3 is 1. The summed E-state index contributed by atoms with van der Waals surface area (Å²) >= 11 is 0. The molecule has 0 bridgehead atoms. The van der Waals surface area contributed by atoms with Gasteiger partial charge in [-0.3, -0.25) is 19.5 Å². The molecule has 1 saturated heterocycles. The molecule has 1 aliphatic rings. The molecule has 0 unspecified atom stereocenters. The summed E-state index contributed by atoms with van der Waals surface area (Å²) < 4.78 is 33.8. The molecule has 1 N–H and O–H groups in total. The van der Waals surface area contributed by atoms with Crippen molar-refractivity contribution in [2.45, 2.75) is 31.7 Å². The van der Waals surface area contributed by atoms with Crippen LogP contribution in [0.4, 0.5) is 14.7 Å². The number of nitrogens with one attached hydrogen (secondary N) is 1. The van der Waals surface area contributed by atoms with E-state index in [4.69, 9.17) is 10.00 Å². The molecule has 35 heavy (non-hydrogen) atoms. The predicted molar refractivity (Wildman–Crippen MR) is 123 cm³/mol. The minimum Gasteiger partial charge on any atom is -0.385 e. The van der Waals surface area contributed by atoms with Crippen LogP contribution in [-0.4, -0.2) is 64.0 Å². The Labute approximate surface area is 200 Å². The Morgan fingerprint density at radius 1 is 1.23 bits per heavy atom. The fourth-order valence-electron chi connectivity index (χ4n) is 3.93. The van der Waals surface area contributed by atoms with Gasteiger partial charge in [-0.05, 0) is 30.7 Å². The smallest absolute Gasteiger partial charge is 0.258 e. The van der Waals surface area contributed by atoms with Crippen molar-refractivity contribution in [2.24, 2.45) is 0 Å². The van der Waals surface area contributed by atoms with E-state index in [2.05, 4.69) is 15.3 Å². The fraction of sp³-hybridized carbons (Fsp3) is 0.375. The number of aromatic nitrogens is 3. The first kappa shape index (κ1) is 24.2. The number of hydrogen-bond acceptors (Lipinski definition) is 6. The first-order valence-electron chi connectivity index (χ1n) is 11.1. The number of halogens is 2. The zero-order valence-electron chi connectivity index (χ0n) is 19.1. The molecule has 4 rings (SSSR count). The first-order chi connectivity index (χ1) is 16.8. The standard InChI is InChI=1S/C24H24F2N6O3/c1-35-11-3-8-32-20-19(29-23(32)30-21(33)17-5-2-4-16(12-17)14-27)13-18(15-28-20)22(34)31-9-6-24(25,26)7-10-31/h2,4-5,12-13,15H,3,6-11H2,1H3,(H,29,30,33). The van der Waals surface area contributed by atoms with E-state index < -0.39 is 11.8 Å². The number of likely N-dealkylation sites (tertiary alicyclic amines) is 1. The zero-order valence-corrected chi connectivity index (χ0v) is 19.1. The highest BCUT2D eigenvalue weighted by atomic mass is 19.3. The summed E-state index contributed by atoms with van der Waals surface area (Å²) in [6.45, 7) is 0.865. The average molecular weight is 482 g/mol. The normalized spacial score (nSPS) is 15.1. The maximum absolute atomic E-state index is 13.5. The molecule has 1 fully saturated rings. The number of ether oxygens (including phenoxy) is 1. The van der Waals surface area contributed by atoms with Crippen LogP contribution in [0.25, 0.3) is 11.2 Å². The Kier molecular flexibility index (Phi) is 7.02. The molecule has 2 amide bonds. The summed E-state index contributed by atoms with van der Waals surface area (Å²) in [6.07, 6.45) is 1.28. The number of piperidine rings is 1. The van der Waals surface area contributed by atoms with Crippen LogP contribution in [0.2, 0.25) is 0 Å². The van der Waals surface area contributed by atoms with Crippen LogP contribution in [-0.2, 0) is 11.3 Å². The second kappa shape index (κ2) is 10.1. The number of carbonyl (C=O) groups excluding carboxylic acids is 2. The average Bonchev–Trinajstić information content (AvgIpc) is 3.19. The lowest BCUT2D eigenvalue weighted by molar-refractivity contribution is -0.0494. The Bertz CT molecular complexity index is 1290. The van der Waals surface area contributed by atoms with Gasteiger partial charge in [-0.2, -0.15) is 5.26 Å². The Morgan fingerprint density at radius 2 is 2.00 bits per heavy atom. The summed E-state index contributed by atoms with van der Waals surface area (Å²) in [5.41, 5.74) is 1.74. The third-order valence-electron chi connectivity index (χ3n) is 5.82. The highest BCUT2D eigenvalue weighted by molar-refractivity contribution is 6.04. The maximum Gasteiger partial charge on any atom is 0.258 e. The number of pyridine rings is 1. The number of hydrogen-bond donors (Lipinski definition) is 1. The number of alkyl halides is 2. The highest BCUT2D eigenvalue weighted by Gasteiger charge is 2.36. The van der Waals surface area contributed by atoms with Gasteiger partial charge in [0.1, 0.15) is 5.52 Å². The van der Waals surface area contributed by atoms with E-state index in [0.717, 1.165) is 0 Å². The summed E-state index contributed by atoms with van der Waals surface area (Å²) in [6, 6.07) is 9.83. The number of carbonyl (C=O) groups is 2. The van der Waals surface area contributed by atoms with Crippen molar-refractivity contribution in [3.8, 4) is 6.07 Å². The summed E-state index contributed by atoms with van der Waals surface area (Å²) in [5.74, 6) is -3.35. The van der Waals surface area contributed by atoms with Crippen LogP contribution in [0.3, 0.4) is 0 Å². The van der Waals surface area contributed by atoms with Crippen molar-refractivity contribution in [3.05, 3.63) is 53.2 Å². The van der Waals surface area contributed by atoms with Crippen LogP contribution in [0.5, 0.6) is 0 Å². The van der Waals surface area contributed by atoms with Crippen molar-refractivity contribution in [2.75, 3.05) is 32.1 Å². The molecule has 11 heteroatoms. The molecule has 3 heterocycles. The lowest BCUT2D eigenvalue weighted by Crippen LogP contribution is -2.42. The topological polar surface area (TPSA) is 113 Å². The molecular weight excluding hydrogens is 458 g/mol. The first-order valence-corrected chi connectivity index (χ1v) is 11.1. The SMILES string of the molecule is COCCCn1c(NC(=O)c2cccc(C#N)c2)nc2cc(C(=O)N3CCC(F)(F)CC3)cnc21. The summed E-state index contributed by atoms with van der Waals surface area (Å²) in [4.78, 5) is 36.0. The number of imidazole rings is 1. The minimum atomic E-state index is -2.75. The van der Waals surface area contributed by atoms with E-state index in [1.165, 1.54) is 17.2 Å². The highest BCUT2D eigenvalue weighted by Crippen LogP contribution is 2.29. The number of benzene rings is 1. The minimum absolute atomic E-state index is 0.0294. The molecule has 0 spiro atoms. The molecule has 0 atom stereocenters. The van der Waals surface area contributed by atoms with Gasteiger partial charge in [0.2, 0.25) is 5.95 Å². The van der Waals surface area contributed by atoms with E-state index in [1.807, 2.05) is 6.07 Å². The van der Waals surface area contributed by atoms with Crippen molar-refractivity contribution in [1.82, 2.24) is 19.4 Å². The molecule has 9 nitrogen and oxygen atoms in total. The van der Waals surface area contributed by atoms with Gasteiger partial charge in [-0.25, -0.2) is 18.7 Å². The molecule has 0 saturated carbocycles. The fourth-order valence-corrected chi connectivity index (χ4v) is 3.93. The third kappa shape index (κ3) is 5.44. The van der Waals surface area contributed by atoms with Crippen molar-refractivity contribution < 1.29 is 23.1 Å². The van der Waals surface area contributed by atoms with Gasteiger partial charge in [-0.1, -0.05) is 6.07 Å². The van der Waals surface area contributed by atoms with Gasteiger partial charge >= 0.3 is 0 Å². The summed E-state index contributed by atoms with van der Waals surface area (Å²) in [7, 11) is 1.59. The lowest BCUT2D eigenvalue weighted by atomic mass is 10.1. The number of nitrogens with zero attached hydrogens (tertiary/aromatic N) is 5. The molecule has 1 aromatic carbocycles. The van der Waals surface area contributed by atoms with Gasteiger partial charge in [-0.15, -0.1) is 0 Å². The number of nitriles is 1. The lowest BCUT2D eigenvalue weighted by Gasteiger charge is -2.31. The molecule has 0 radical (unpaired) electrons. The number of rotatable bonds is 7. The van der Waals surface area contributed by atoms with Crippen molar-refractivity contribution in [3.63, 3.8) is 0 Å². The van der Waals surface area contributed by atoms with Gasteiger partial charge in [0, 0.05) is 58.0 Å². The predicted octanol–water partition coefficient (Wildman–Crippen LogP) is 3.46. The number of fused-ring (bicyclic) bond motifs is 1. The quantitative estimate of drug-likeness (QED) is 0.516. The Hall–Kier alpha value is -3.91. The largest absolute Gasteiger partial charge is 0.385 e. The van der Waals surface area contributed by atoms with Crippen molar-refractivity contribution >= 4 is 28.9 Å². The van der Waals surface area contributed by atoms with Crippen LogP contribution < -0.4 is 5.32 Å². The molecule has 3 aromatic rings. The third-order valence-corrected chi connectivity index (χ3v) is 5.82. The van der Waals surface area contributed by atoms with E-state index in [9.17, 15) is 18.4 Å². The molecule has 1 aliphatic heterocycles. The van der Waals surface area contributed by atoms with E-state index in [1.54, 1.807) is 35.9 Å². The molecule has 2 aromatic heterocycles. The second-order valence-electron chi connectivity index (χ2n) is 8.30. The molecule has 0 aliphatic carbocycles. The van der Waals surface area contributed by atoms with Crippen LogP contribution in [0.15, 0.2) is 36.5 Å². The van der Waals surface area contributed by atoms with Crippen LogP contribution in [0, 0.1) is 11.3 Å². The van der Waals surface area contributed by atoms with Gasteiger partial charge in [0.15, 0.2) is 5.65 Å². The number of anilines is 1. The molecule has 182 valence electrons. The maximum atomic E-state index is 13.5. The van der Waals surface area contributed by atoms with Gasteiger partial charge in [0.05, 0.1) is 17.2 Å². The van der Waals surface area contributed by atoms with Gasteiger partial charge < -0.3 is 9.64 Å². The molecular formula is C24H24F2N6O3. The zero-order chi connectivity index (χ0) is 25.0. The van der Waals surface area contributed by atoms with Crippen molar-refractivity contribution in [1.29, 1.82) is 5.26 Å². The summed E-state index contributed by atoms with van der Waals surface area (Å²) in [5, 5.41) is 11.9. The van der Waals surface area contributed by atoms with Gasteiger partial charge in [0.25, 0.3) is 17.7 Å². The Balaban J connectivity index is 1.62. The number of amides is 2. The van der Waals surface area contributed by atoms with E-state index in [0.29, 0.717) is 41.9 Å². The van der Waals surface area contributed by atoms with E-state index >= 15 is 0 Å². The van der Waals surface area contributed by atoms with Crippen LogP contribution >= 0.6 is 0 Å². The second-order valence-corrected chi connectivity index (χ2v) is 8.30.